The highest BCUT2D eigenvalue weighted by atomic mass is 16.6. The zero-order valence-electron chi connectivity index (χ0n) is 54.8. The molecule has 0 saturated carbocycles. The number of hydrogen-bond donors (Lipinski definition) is 0. The minimum absolute atomic E-state index is 0.0723. The largest absolute Gasteiger partial charge is 0.462 e. The summed E-state index contributed by atoms with van der Waals surface area (Å²) in [5.74, 6) is -0.860. The predicted molar refractivity (Wildman–Crippen MR) is 353 cm³/mol. The second-order valence-electron chi connectivity index (χ2n) is 24.9. The number of carbonyl (C=O) groups is 3. The molecule has 0 fully saturated rings. The Morgan fingerprint density at radius 1 is 0.247 bits per heavy atom. The molecule has 0 spiro atoms. The summed E-state index contributed by atoms with van der Waals surface area (Å²) < 4.78 is 16.9. The first-order valence-electron chi connectivity index (χ1n) is 36.5. The van der Waals surface area contributed by atoms with Crippen molar-refractivity contribution in [1.29, 1.82) is 0 Å². The molecule has 0 aromatic rings. The van der Waals surface area contributed by atoms with Gasteiger partial charge in [-0.2, -0.15) is 0 Å². The first-order chi connectivity index (χ1) is 40.0. The molecule has 0 aromatic heterocycles. The smallest absolute Gasteiger partial charge is 0.306 e. The van der Waals surface area contributed by atoms with Gasteiger partial charge in [-0.25, -0.2) is 0 Å². The highest BCUT2D eigenvalue weighted by Gasteiger charge is 2.19. The van der Waals surface area contributed by atoms with Crippen LogP contribution in [-0.4, -0.2) is 37.2 Å². The molecule has 0 heterocycles. The van der Waals surface area contributed by atoms with Crippen LogP contribution in [0.1, 0.15) is 406 Å². The molecule has 0 rings (SSSR count). The maximum absolute atomic E-state index is 12.9. The van der Waals surface area contributed by atoms with Crippen molar-refractivity contribution in [1.82, 2.24) is 0 Å². The van der Waals surface area contributed by atoms with Crippen molar-refractivity contribution in [3.8, 4) is 0 Å². The van der Waals surface area contributed by atoms with Crippen LogP contribution in [0.3, 0.4) is 0 Å². The number of esters is 3. The Morgan fingerprint density at radius 3 is 0.691 bits per heavy atom. The van der Waals surface area contributed by atoms with E-state index < -0.39 is 6.10 Å². The molecule has 1 unspecified atom stereocenters. The van der Waals surface area contributed by atoms with E-state index in [0.29, 0.717) is 19.3 Å². The van der Waals surface area contributed by atoms with Crippen molar-refractivity contribution in [2.75, 3.05) is 13.2 Å². The van der Waals surface area contributed by atoms with Crippen molar-refractivity contribution in [3.05, 3.63) is 36.5 Å². The SMILES string of the molecule is CCCCCCC/C=C\C/C=C\C/C=C\CCCCCCCCC(=O)OC(COC(=O)CCCCCCCCCCCC)COC(=O)CCCCCCCCCCCCCCCCCCCCCCCCCCCCCCCCCC. The summed E-state index contributed by atoms with van der Waals surface area (Å²) in [6, 6.07) is 0. The van der Waals surface area contributed by atoms with Gasteiger partial charge in [-0.3, -0.25) is 14.4 Å². The number of allylic oxidation sites excluding steroid dienone is 6. The number of carbonyl (C=O) groups excluding carboxylic acids is 3. The lowest BCUT2D eigenvalue weighted by Crippen LogP contribution is -2.30. The fraction of sp³-hybridized carbons (Fsp3) is 0.880. The van der Waals surface area contributed by atoms with E-state index >= 15 is 0 Å². The monoisotopic (exact) mass is 1140 g/mol. The van der Waals surface area contributed by atoms with Crippen molar-refractivity contribution in [2.24, 2.45) is 0 Å². The normalized spacial score (nSPS) is 12.2. The Bertz CT molecular complexity index is 1350. The van der Waals surface area contributed by atoms with Crippen LogP contribution in [-0.2, 0) is 28.6 Å². The molecule has 0 N–H and O–H groups in total. The van der Waals surface area contributed by atoms with E-state index in [4.69, 9.17) is 14.2 Å². The molecular weight excluding hydrogens is 997 g/mol. The van der Waals surface area contributed by atoms with Gasteiger partial charge in [0.1, 0.15) is 13.2 Å². The molecule has 0 bridgehead atoms. The molecule has 0 aliphatic rings. The molecule has 0 aliphatic heterocycles. The van der Waals surface area contributed by atoms with E-state index in [1.807, 2.05) is 0 Å². The summed E-state index contributed by atoms with van der Waals surface area (Å²) in [5.41, 5.74) is 0. The molecule has 0 aromatic carbocycles. The third kappa shape index (κ3) is 68.3. The summed E-state index contributed by atoms with van der Waals surface area (Å²) in [6.07, 6.45) is 87.8. The van der Waals surface area contributed by atoms with E-state index in [1.54, 1.807) is 0 Å². The average Bonchev–Trinajstić information content (AvgIpc) is 3.47. The van der Waals surface area contributed by atoms with Gasteiger partial charge in [-0.05, 0) is 57.8 Å². The lowest BCUT2D eigenvalue weighted by atomic mass is 10.0. The highest BCUT2D eigenvalue weighted by molar-refractivity contribution is 5.71. The third-order valence-corrected chi connectivity index (χ3v) is 16.6. The van der Waals surface area contributed by atoms with Crippen molar-refractivity contribution in [2.45, 2.75) is 412 Å². The molecule has 1 atom stereocenters. The summed E-state index contributed by atoms with van der Waals surface area (Å²) in [6.45, 7) is 6.68. The van der Waals surface area contributed by atoms with E-state index in [0.717, 1.165) is 77.0 Å². The number of ether oxygens (including phenoxy) is 3. The topological polar surface area (TPSA) is 78.9 Å². The van der Waals surface area contributed by atoms with Gasteiger partial charge < -0.3 is 14.2 Å². The Kier molecular flexibility index (Phi) is 68.1. The molecular formula is C75H140O6. The van der Waals surface area contributed by atoms with Gasteiger partial charge in [0.2, 0.25) is 0 Å². The zero-order valence-corrected chi connectivity index (χ0v) is 54.8. The fourth-order valence-corrected chi connectivity index (χ4v) is 11.2. The number of rotatable bonds is 68. The summed E-state index contributed by atoms with van der Waals surface area (Å²) in [5, 5.41) is 0. The molecule has 0 radical (unpaired) electrons. The fourth-order valence-electron chi connectivity index (χ4n) is 11.2. The van der Waals surface area contributed by atoms with E-state index in [1.165, 1.54) is 289 Å². The molecule has 6 nitrogen and oxygen atoms in total. The Balaban J connectivity index is 4.09. The van der Waals surface area contributed by atoms with Crippen LogP contribution in [0, 0.1) is 0 Å². The minimum Gasteiger partial charge on any atom is -0.462 e. The van der Waals surface area contributed by atoms with Crippen LogP contribution in [0.25, 0.3) is 0 Å². The van der Waals surface area contributed by atoms with Crippen molar-refractivity contribution >= 4 is 17.9 Å². The molecule has 0 amide bonds. The number of hydrogen-bond acceptors (Lipinski definition) is 6. The second kappa shape index (κ2) is 70.1. The first kappa shape index (κ1) is 78.6. The van der Waals surface area contributed by atoms with Gasteiger partial charge in [0.15, 0.2) is 6.10 Å². The predicted octanol–water partition coefficient (Wildman–Crippen LogP) is 25.1. The van der Waals surface area contributed by atoms with Gasteiger partial charge in [0.25, 0.3) is 0 Å². The standard InChI is InChI=1S/C75H140O6/c1-4-7-10-13-16-19-22-24-26-28-30-32-33-34-35-36-37-38-39-40-41-42-44-45-47-49-51-53-56-59-62-65-68-74(77)80-71-72(70-79-73(76)67-64-61-58-55-21-18-15-12-9-6-3)81-75(78)69-66-63-60-57-54-52-50-48-46-43-31-29-27-25-23-20-17-14-11-8-5-2/h23,25,29,31,46,48,72H,4-22,24,26-28,30,32-45,47,49-71H2,1-3H3/b25-23-,31-29-,48-46-. The van der Waals surface area contributed by atoms with Gasteiger partial charge in [0.05, 0.1) is 0 Å². The minimum atomic E-state index is -0.776. The van der Waals surface area contributed by atoms with Gasteiger partial charge >= 0.3 is 17.9 Å². The quantitative estimate of drug-likeness (QED) is 0.0261. The van der Waals surface area contributed by atoms with E-state index in [2.05, 4.69) is 57.2 Å². The maximum Gasteiger partial charge on any atom is 0.306 e. The van der Waals surface area contributed by atoms with Gasteiger partial charge in [-0.15, -0.1) is 0 Å². The van der Waals surface area contributed by atoms with Crippen LogP contribution >= 0.6 is 0 Å². The maximum atomic E-state index is 12.9. The summed E-state index contributed by atoms with van der Waals surface area (Å²) in [4.78, 5) is 38.3. The van der Waals surface area contributed by atoms with Gasteiger partial charge in [0, 0.05) is 19.3 Å². The number of unbranched alkanes of at least 4 members (excludes halogenated alkanes) is 51. The van der Waals surface area contributed by atoms with Crippen LogP contribution in [0.15, 0.2) is 36.5 Å². The summed E-state index contributed by atoms with van der Waals surface area (Å²) >= 11 is 0. The van der Waals surface area contributed by atoms with Crippen LogP contribution < -0.4 is 0 Å². The molecule has 6 heteroatoms. The van der Waals surface area contributed by atoms with E-state index in [9.17, 15) is 14.4 Å². The second-order valence-corrected chi connectivity index (χ2v) is 24.9. The zero-order chi connectivity index (χ0) is 58.5. The van der Waals surface area contributed by atoms with E-state index in [-0.39, 0.29) is 31.1 Å². The highest BCUT2D eigenvalue weighted by Crippen LogP contribution is 2.19. The lowest BCUT2D eigenvalue weighted by Gasteiger charge is -2.18. The Morgan fingerprint density at radius 2 is 0.444 bits per heavy atom. The first-order valence-corrected chi connectivity index (χ1v) is 36.5. The molecule has 81 heavy (non-hydrogen) atoms. The van der Waals surface area contributed by atoms with Gasteiger partial charge in [-0.1, -0.05) is 365 Å². The average molecular weight is 1140 g/mol. The Hall–Kier alpha value is -2.37. The lowest BCUT2D eigenvalue weighted by molar-refractivity contribution is -0.167. The van der Waals surface area contributed by atoms with Crippen LogP contribution in [0.5, 0.6) is 0 Å². The van der Waals surface area contributed by atoms with Crippen LogP contribution in [0.2, 0.25) is 0 Å². The third-order valence-electron chi connectivity index (χ3n) is 16.6. The van der Waals surface area contributed by atoms with Crippen molar-refractivity contribution < 1.29 is 28.6 Å². The molecule has 476 valence electrons. The molecule has 0 aliphatic carbocycles. The Labute approximate surface area is 506 Å². The van der Waals surface area contributed by atoms with Crippen LogP contribution in [0.4, 0.5) is 0 Å². The molecule has 0 saturated heterocycles. The summed E-state index contributed by atoms with van der Waals surface area (Å²) in [7, 11) is 0. The van der Waals surface area contributed by atoms with Crippen molar-refractivity contribution in [3.63, 3.8) is 0 Å².